The van der Waals surface area contributed by atoms with Crippen molar-refractivity contribution in [1.29, 1.82) is 0 Å². The van der Waals surface area contributed by atoms with E-state index in [9.17, 15) is 9.32 Å². The summed E-state index contributed by atoms with van der Waals surface area (Å²) in [6.07, 6.45) is 1.25. The van der Waals surface area contributed by atoms with E-state index >= 15 is 0 Å². The third-order valence-corrected chi connectivity index (χ3v) is 4.02. The maximum atomic E-state index is 11.2. The van der Waals surface area contributed by atoms with Gasteiger partial charge in [-0.15, -0.1) is 0 Å². The molecule has 1 aromatic heterocycles. The first kappa shape index (κ1) is 11.5. The van der Waals surface area contributed by atoms with E-state index < -0.39 is 16.9 Å². The number of pyridine rings is 1. The number of hydrogen-bond acceptors (Lipinski definition) is 4. The average molecular weight is 240 g/mol. The van der Waals surface area contributed by atoms with Crippen LogP contribution < -0.4 is 4.90 Å². The summed E-state index contributed by atoms with van der Waals surface area (Å²) >= 11 is 0. The van der Waals surface area contributed by atoms with Gasteiger partial charge in [-0.05, 0) is 19.1 Å². The van der Waals surface area contributed by atoms with Gasteiger partial charge in [0.05, 0.1) is 23.7 Å². The van der Waals surface area contributed by atoms with Crippen LogP contribution in [0.3, 0.4) is 0 Å². The van der Waals surface area contributed by atoms with Crippen LogP contribution >= 0.6 is 0 Å². The summed E-state index contributed by atoms with van der Waals surface area (Å²) in [5.41, 5.74) is 1.73. The van der Waals surface area contributed by atoms with Crippen LogP contribution in [0, 0.1) is 0 Å². The van der Waals surface area contributed by atoms with E-state index in [1.807, 2.05) is 12.1 Å². The Labute approximate surface area is 97.8 Å². The summed E-state index contributed by atoms with van der Waals surface area (Å²) in [7, 11) is -0.648. The number of aliphatic hydroxyl groups excluding tert-OH is 1. The zero-order valence-corrected chi connectivity index (χ0v) is 10.1. The Morgan fingerprint density at radius 3 is 2.62 bits per heavy atom. The standard InChI is InChI=1S/C11H16N2O2S/c1-9(14)11-3-2-10(8-12-11)13-4-6-16(15)7-5-13/h2-3,8-9,14H,4-7H2,1H3/t9-/m0/s1. The minimum Gasteiger partial charge on any atom is -0.387 e. The van der Waals surface area contributed by atoms with Gasteiger partial charge in [0.2, 0.25) is 0 Å². The highest BCUT2D eigenvalue weighted by molar-refractivity contribution is 7.85. The van der Waals surface area contributed by atoms with Crippen molar-refractivity contribution in [2.24, 2.45) is 0 Å². The van der Waals surface area contributed by atoms with E-state index in [0.717, 1.165) is 30.3 Å². The van der Waals surface area contributed by atoms with Gasteiger partial charge in [-0.25, -0.2) is 0 Å². The van der Waals surface area contributed by atoms with Gasteiger partial charge >= 0.3 is 0 Å². The quantitative estimate of drug-likeness (QED) is 0.827. The smallest absolute Gasteiger partial charge is 0.0931 e. The van der Waals surface area contributed by atoms with E-state index in [4.69, 9.17) is 0 Å². The van der Waals surface area contributed by atoms with E-state index in [-0.39, 0.29) is 0 Å². The van der Waals surface area contributed by atoms with Gasteiger partial charge in [-0.1, -0.05) is 0 Å². The second-order valence-electron chi connectivity index (χ2n) is 3.95. The highest BCUT2D eigenvalue weighted by atomic mass is 32.2. The molecule has 16 heavy (non-hydrogen) atoms. The maximum Gasteiger partial charge on any atom is 0.0931 e. The number of anilines is 1. The van der Waals surface area contributed by atoms with Crippen LogP contribution in [-0.4, -0.2) is 38.9 Å². The lowest BCUT2D eigenvalue weighted by molar-refractivity contribution is 0.194. The van der Waals surface area contributed by atoms with Crippen molar-refractivity contribution in [2.75, 3.05) is 29.5 Å². The fraction of sp³-hybridized carbons (Fsp3) is 0.545. The minimum absolute atomic E-state index is 0.525. The monoisotopic (exact) mass is 240 g/mol. The zero-order valence-electron chi connectivity index (χ0n) is 9.30. The first-order valence-corrected chi connectivity index (χ1v) is 6.89. The Morgan fingerprint density at radius 2 is 2.12 bits per heavy atom. The lowest BCUT2D eigenvalue weighted by atomic mass is 10.2. The van der Waals surface area contributed by atoms with Gasteiger partial charge in [0.1, 0.15) is 0 Å². The Hall–Kier alpha value is -0.940. The molecule has 1 aromatic rings. The number of nitrogens with zero attached hydrogens (tertiary/aromatic N) is 2. The lowest BCUT2D eigenvalue weighted by Gasteiger charge is -2.28. The van der Waals surface area contributed by atoms with Crippen molar-refractivity contribution in [3.63, 3.8) is 0 Å². The van der Waals surface area contributed by atoms with Crippen LogP contribution in [0.15, 0.2) is 18.3 Å². The molecule has 0 aromatic carbocycles. The van der Waals surface area contributed by atoms with Crippen LogP contribution in [0.1, 0.15) is 18.7 Å². The van der Waals surface area contributed by atoms with Crippen LogP contribution in [-0.2, 0) is 10.8 Å². The number of rotatable bonds is 2. The van der Waals surface area contributed by atoms with Gasteiger partial charge in [0.25, 0.3) is 0 Å². The zero-order chi connectivity index (χ0) is 11.5. The van der Waals surface area contributed by atoms with Crippen molar-refractivity contribution < 1.29 is 9.32 Å². The van der Waals surface area contributed by atoms with E-state index in [1.165, 1.54) is 0 Å². The van der Waals surface area contributed by atoms with Crippen molar-refractivity contribution >= 4 is 16.5 Å². The molecule has 0 unspecified atom stereocenters. The molecule has 0 saturated carbocycles. The summed E-state index contributed by atoms with van der Waals surface area (Å²) < 4.78 is 11.2. The average Bonchev–Trinajstić information content (AvgIpc) is 2.30. The van der Waals surface area contributed by atoms with E-state index in [0.29, 0.717) is 5.69 Å². The summed E-state index contributed by atoms with van der Waals surface area (Å²) in [4.78, 5) is 6.39. The second-order valence-corrected chi connectivity index (χ2v) is 5.65. The van der Waals surface area contributed by atoms with Crippen LogP contribution in [0.25, 0.3) is 0 Å². The number of aliphatic hydroxyl groups is 1. The highest BCUT2D eigenvalue weighted by Crippen LogP contribution is 2.17. The molecule has 0 amide bonds. The predicted octanol–water partition coefficient (Wildman–Crippen LogP) is 0.704. The molecule has 5 heteroatoms. The summed E-state index contributed by atoms with van der Waals surface area (Å²) in [5, 5.41) is 9.34. The molecular weight excluding hydrogens is 224 g/mol. The minimum atomic E-state index is -0.648. The Bertz CT molecular complexity index is 368. The third kappa shape index (κ3) is 2.59. The van der Waals surface area contributed by atoms with Crippen molar-refractivity contribution in [3.8, 4) is 0 Å². The Kier molecular flexibility index (Phi) is 3.56. The molecule has 1 N–H and O–H groups in total. The first-order chi connectivity index (χ1) is 7.66. The molecule has 1 saturated heterocycles. The number of aromatic nitrogens is 1. The normalized spacial score (nSPS) is 19.8. The molecule has 0 radical (unpaired) electrons. The highest BCUT2D eigenvalue weighted by Gasteiger charge is 2.15. The third-order valence-electron chi connectivity index (χ3n) is 2.74. The summed E-state index contributed by atoms with van der Waals surface area (Å²) in [5.74, 6) is 1.47. The molecule has 0 spiro atoms. The molecular formula is C11H16N2O2S. The van der Waals surface area contributed by atoms with Gasteiger partial charge in [0, 0.05) is 35.4 Å². The van der Waals surface area contributed by atoms with E-state index in [1.54, 1.807) is 13.1 Å². The maximum absolute atomic E-state index is 11.2. The SMILES string of the molecule is C[C@H](O)c1ccc(N2CCS(=O)CC2)cn1. The fourth-order valence-corrected chi connectivity index (χ4v) is 2.78. The molecule has 0 bridgehead atoms. The van der Waals surface area contributed by atoms with Crippen LogP contribution in [0.5, 0.6) is 0 Å². The lowest BCUT2D eigenvalue weighted by Crippen LogP contribution is -2.37. The molecule has 4 nitrogen and oxygen atoms in total. The molecule has 2 heterocycles. The molecule has 1 aliphatic rings. The van der Waals surface area contributed by atoms with E-state index in [2.05, 4.69) is 9.88 Å². The molecule has 1 aliphatic heterocycles. The predicted molar refractivity (Wildman–Crippen MR) is 65.0 cm³/mol. The van der Waals surface area contributed by atoms with Crippen LogP contribution in [0.4, 0.5) is 5.69 Å². The topological polar surface area (TPSA) is 53.4 Å². The Morgan fingerprint density at radius 1 is 1.44 bits per heavy atom. The van der Waals surface area contributed by atoms with Gasteiger partial charge < -0.3 is 10.0 Å². The summed E-state index contributed by atoms with van der Waals surface area (Å²) in [6.45, 7) is 3.34. The molecule has 1 atom stereocenters. The largest absolute Gasteiger partial charge is 0.387 e. The van der Waals surface area contributed by atoms with Crippen LogP contribution in [0.2, 0.25) is 0 Å². The molecule has 0 aliphatic carbocycles. The molecule has 1 fully saturated rings. The number of hydrogen-bond donors (Lipinski definition) is 1. The van der Waals surface area contributed by atoms with Gasteiger partial charge in [-0.3, -0.25) is 9.19 Å². The van der Waals surface area contributed by atoms with Gasteiger partial charge in [-0.2, -0.15) is 0 Å². The van der Waals surface area contributed by atoms with Crippen molar-refractivity contribution in [2.45, 2.75) is 13.0 Å². The second kappa shape index (κ2) is 4.93. The first-order valence-electron chi connectivity index (χ1n) is 5.41. The van der Waals surface area contributed by atoms with Crippen molar-refractivity contribution in [1.82, 2.24) is 4.98 Å². The van der Waals surface area contributed by atoms with Gasteiger partial charge in [0.15, 0.2) is 0 Å². The van der Waals surface area contributed by atoms with Crippen molar-refractivity contribution in [3.05, 3.63) is 24.0 Å². The Balaban J connectivity index is 2.07. The summed E-state index contributed by atoms with van der Waals surface area (Å²) in [6, 6.07) is 3.80. The molecule has 88 valence electrons. The fourth-order valence-electron chi connectivity index (χ4n) is 1.73. The molecule has 2 rings (SSSR count).